The summed E-state index contributed by atoms with van der Waals surface area (Å²) in [6, 6.07) is 25.4. The topological polar surface area (TPSA) is 138 Å². The number of rotatable bonds is 11. The molecular formula is C31H34N4O6S2. The van der Waals surface area contributed by atoms with Crippen molar-refractivity contribution in [1.82, 2.24) is 10.3 Å². The van der Waals surface area contributed by atoms with E-state index in [1.807, 2.05) is 70.8 Å². The van der Waals surface area contributed by atoms with Gasteiger partial charge in [-0.25, -0.2) is 9.78 Å². The number of carbonyl (C=O) groups is 2. The number of carbonyl (C=O) groups excluding carboxylic acids is 2. The third-order valence-corrected chi connectivity index (χ3v) is 7.59. The zero-order valence-electron chi connectivity index (χ0n) is 24.1. The maximum Gasteiger partial charge on any atom is 0.407 e. The van der Waals surface area contributed by atoms with E-state index in [4.69, 9.17) is 14.3 Å². The van der Waals surface area contributed by atoms with Crippen LogP contribution >= 0.6 is 11.3 Å². The van der Waals surface area contributed by atoms with E-state index in [-0.39, 0.29) is 24.7 Å². The minimum atomic E-state index is -4.39. The number of nitrogens with one attached hydrogen (secondary N) is 2. The molecule has 0 bridgehead atoms. The van der Waals surface area contributed by atoms with Crippen LogP contribution in [0.15, 0.2) is 90.3 Å². The highest BCUT2D eigenvalue weighted by molar-refractivity contribution is 7.87. The Kier molecular flexibility index (Phi) is 10.2. The van der Waals surface area contributed by atoms with Crippen molar-refractivity contribution in [2.45, 2.75) is 38.7 Å². The molecule has 2 amide bonds. The second kappa shape index (κ2) is 13.8. The summed E-state index contributed by atoms with van der Waals surface area (Å²) >= 11 is 1.35. The Morgan fingerprint density at radius 1 is 0.977 bits per heavy atom. The molecule has 0 spiro atoms. The van der Waals surface area contributed by atoms with Crippen molar-refractivity contribution in [3.05, 3.63) is 101 Å². The second-order valence-corrected chi connectivity index (χ2v) is 12.7. The van der Waals surface area contributed by atoms with Crippen molar-refractivity contribution < 1.29 is 27.3 Å². The summed E-state index contributed by atoms with van der Waals surface area (Å²) in [6.45, 7) is 5.59. The Hall–Kier alpha value is -4.26. The predicted molar refractivity (Wildman–Crippen MR) is 169 cm³/mol. The third-order valence-electron chi connectivity index (χ3n) is 6.23. The van der Waals surface area contributed by atoms with Crippen LogP contribution in [0.3, 0.4) is 0 Å². The summed E-state index contributed by atoms with van der Waals surface area (Å²) in [7, 11) is -4.39. The summed E-state index contributed by atoms with van der Waals surface area (Å²) in [5.74, 6) is -0.972. The molecule has 1 atom stereocenters. The number of anilines is 2. The summed E-state index contributed by atoms with van der Waals surface area (Å²) in [5, 5.41) is 5.16. The fourth-order valence-electron chi connectivity index (χ4n) is 4.28. The summed E-state index contributed by atoms with van der Waals surface area (Å²) in [5.41, 5.74) is 2.75. The smallest absolute Gasteiger partial charge is 0.407 e. The lowest BCUT2D eigenvalue weighted by Crippen LogP contribution is -2.42. The highest BCUT2D eigenvalue weighted by atomic mass is 32.2. The zero-order chi connectivity index (χ0) is 31.0. The van der Waals surface area contributed by atoms with Crippen molar-refractivity contribution in [2.75, 3.05) is 22.7 Å². The van der Waals surface area contributed by atoms with Crippen LogP contribution in [0.1, 0.15) is 37.8 Å². The molecule has 3 aromatic carbocycles. The maximum absolute atomic E-state index is 14.3. The quantitative estimate of drug-likeness (QED) is 0.177. The van der Waals surface area contributed by atoms with E-state index in [0.29, 0.717) is 11.6 Å². The maximum atomic E-state index is 14.3. The van der Waals surface area contributed by atoms with E-state index in [9.17, 15) is 18.0 Å². The Morgan fingerprint density at radius 3 is 2.21 bits per heavy atom. The molecule has 43 heavy (non-hydrogen) atoms. The van der Waals surface area contributed by atoms with Crippen LogP contribution in [0.5, 0.6) is 0 Å². The van der Waals surface area contributed by atoms with Gasteiger partial charge in [-0.3, -0.25) is 19.0 Å². The molecule has 10 nitrogen and oxygen atoms in total. The van der Waals surface area contributed by atoms with Gasteiger partial charge in [0.15, 0.2) is 5.13 Å². The van der Waals surface area contributed by atoms with Gasteiger partial charge < -0.3 is 10.1 Å². The molecule has 4 aromatic rings. The van der Waals surface area contributed by atoms with Gasteiger partial charge in [-0.05, 0) is 50.5 Å². The highest BCUT2D eigenvalue weighted by Gasteiger charge is 2.30. The average molecular weight is 623 g/mol. The van der Waals surface area contributed by atoms with Gasteiger partial charge in [-0.1, -0.05) is 72.8 Å². The van der Waals surface area contributed by atoms with Crippen molar-refractivity contribution in [2.24, 2.45) is 0 Å². The SMILES string of the molecule is CC(C)(C)OC(=O)NC[C@H](C(=O)N(CCc1ccc(NS(=O)(=O)O)cc1)c1nc(-c2ccccc2)cs1)c1ccccc1. The van der Waals surface area contributed by atoms with Gasteiger partial charge in [-0.15, -0.1) is 11.3 Å². The molecule has 0 aliphatic carbocycles. The lowest BCUT2D eigenvalue weighted by atomic mass is 9.97. The van der Waals surface area contributed by atoms with Gasteiger partial charge in [0.1, 0.15) is 5.60 Å². The Balaban J connectivity index is 1.62. The monoisotopic (exact) mass is 622 g/mol. The molecule has 0 saturated heterocycles. The van der Waals surface area contributed by atoms with Crippen LogP contribution in [-0.4, -0.2) is 48.6 Å². The van der Waals surface area contributed by atoms with E-state index in [2.05, 4.69) is 5.32 Å². The number of hydrogen-bond donors (Lipinski definition) is 3. The molecule has 0 radical (unpaired) electrons. The van der Waals surface area contributed by atoms with E-state index < -0.39 is 27.9 Å². The van der Waals surface area contributed by atoms with Crippen molar-refractivity contribution in [1.29, 1.82) is 0 Å². The summed E-state index contributed by atoms with van der Waals surface area (Å²) in [6.07, 6.45) is -0.189. The molecule has 1 aromatic heterocycles. The van der Waals surface area contributed by atoms with Crippen LogP contribution in [0, 0.1) is 0 Å². The molecule has 0 aliphatic rings. The first-order chi connectivity index (χ1) is 20.4. The van der Waals surface area contributed by atoms with Gasteiger partial charge in [0.2, 0.25) is 5.91 Å². The molecule has 0 saturated carbocycles. The molecular weight excluding hydrogens is 588 g/mol. The first-order valence-corrected chi connectivity index (χ1v) is 15.9. The van der Waals surface area contributed by atoms with E-state index in [0.717, 1.165) is 22.4 Å². The largest absolute Gasteiger partial charge is 0.444 e. The number of nitrogens with zero attached hydrogens (tertiary/aromatic N) is 2. The number of thiazole rings is 1. The Bertz CT molecular complexity index is 1620. The van der Waals surface area contributed by atoms with E-state index in [1.54, 1.807) is 37.8 Å². The molecule has 226 valence electrons. The highest BCUT2D eigenvalue weighted by Crippen LogP contribution is 2.30. The van der Waals surface area contributed by atoms with Gasteiger partial charge in [0.05, 0.1) is 17.3 Å². The zero-order valence-corrected chi connectivity index (χ0v) is 25.7. The fraction of sp³-hybridized carbons (Fsp3) is 0.258. The standard InChI is InChI=1S/C31H34N4O6S2/c1-31(2,3)41-30(37)32-20-26(23-10-6-4-7-11-23)28(36)35(29-33-27(21-42-29)24-12-8-5-9-13-24)19-18-22-14-16-25(17-15-22)34-43(38,39)40/h4-17,21,26,34H,18-20H2,1-3H3,(H,32,37)(H,38,39,40)/t26-/m0/s1. The fourth-order valence-corrected chi connectivity index (χ4v) is 5.58. The molecule has 0 fully saturated rings. The second-order valence-electron chi connectivity index (χ2n) is 10.7. The number of hydrogen-bond acceptors (Lipinski definition) is 7. The number of ether oxygens (including phenoxy) is 1. The van der Waals surface area contributed by atoms with Crippen LogP contribution in [0.25, 0.3) is 11.3 Å². The van der Waals surface area contributed by atoms with Crippen LogP contribution in [0.4, 0.5) is 15.6 Å². The lowest BCUT2D eigenvalue weighted by Gasteiger charge is -2.27. The number of amides is 2. The normalized spacial score (nSPS) is 12.3. The van der Waals surface area contributed by atoms with Crippen molar-refractivity contribution in [3.63, 3.8) is 0 Å². The lowest BCUT2D eigenvalue weighted by molar-refractivity contribution is -0.119. The van der Waals surface area contributed by atoms with Gasteiger partial charge in [0, 0.05) is 24.0 Å². The first kappa shape index (κ1) is 31.7. The Labute approximate surface area is 255 Å². The number of alkyl carbamates (subject to hydrolysis) is 1. The third kappa shape index (κ3) is 9.63. The molecule has 4 rings (SSSR count). The Morgan fingerprint density at radius 2 is 1.60 bits per heavy atom. The molecule has 0 aliphatic heterocycles. The predicted octanol–water partition coefficient (Wildman–Crippen LogP) is 5.91. The summed E-state index contributed by atoms with van der Waals surface area (Å²) in [4.78, 5) is 33.2. The van der Waals surface area contributed by atoms with Crippen LogP contribution < -0.4 is 14.9 Å². The molecule has 12 heteroatoms. The van der Waals surface area contributed by atoms with E-state index >= 15 is 0 Å². The number of benzene rings is 3. The van der Waals surface area contributed by atoms with Crippen molar-refractivity contribution in [3.8, 4) is 11.3 Å². The number of aromatic nitrogens is 1. The molecule has 0 unspecified atom stereocenters. The average Bonchev–Trinajstić information content (AvgIpc) is 3.43. The van der Waals surface area contributed by atoms with Crippen LogP contribution in [0.2, 0.25) is 0 Å². The first-order valence-electron chi connectivity index (χ1n) is 13.6. The van der Waals surface area contributed by atoms with Gasteiger partial charge >= 0.3 is 16.4 Å². The van der Waals surface area contributed by atoms with Gasteiger partial charge in [-0.2, -0.15) is 8.42 Å². The molecule has 3 N–H and O–H groups in total. The molecule has 1 heterocycles. The van der Waals surface area contributed by atoms with E-state index in [1.165, 1.54) is 23.5 Å². The van der Waals surface area contributed by atoms with Gasteiger partial charge in [0.25, 0.3) is 0 Å². The van der Waals surface area contributed by atoms with Crippen LogP contribution in [-0.2, 0) is 26.3 Å². The minimum Gasteiger partial charge on any atom is -0.444 e. The van der Waals surface area contributed by atoms with Crippen molar-refractivity contribution >= 4 is 44.5 Å². The summed E-state index contributed by atoms with van der Waals surface area (Å²) < 4.78 is 38.7. The minimum absolute atomic E-state index is 0.0151.